The number of hydrogen-bond acceptors (Lipinski definition) is 6. The summed E-state index contributed by atoms with van der Waals surface area (Å²) in [6, 6.07) is 14.2. The van der Waals surface area contributed by atoms with Gasteiger partial charge in [0.2, 0.25) is 0 Å². The number of rotatable bonds is 7. The molecule has 0 unspecified atom stereocenters. The molecule has 1 saturated heterocycles. The van der Waals surface area contributed by atoms with Crippen LogP contribution in [0.2, 0.25) is 0 Å². The van der Waals surface area contributed by atoms with E-state index in [1.54, 1.807) is 19.1 Å². The van der Waals surface area contributed by atoms with E-state index in [0.29, 0.717) is 25.4 Å². The first-order valence-electron chi connectivity index (χ1n) is 9.85. The number of piperidine rings is 1. The molecule has 0 bridgehead atoms. The first-order valence-corrected chi connectivity index (χ1v) is 12.1. The van der Waals surface area contributed by atoms with Crippen molar-refractivity contribution in [1.29, 1.82) is 0 Å². The predicted molar refractivity (Wildman–Crippen MR) is 118 cm³/mol. The van der Waals surface area contributed by atoms with Gasteiger partial charge in [0.1, 0.15) is 5.75 Å². The minimum absolute atomic E-state index is 0.109. The number of ether oxygens (including phenoxy) is 2. The zero-order chi connectivity index (χ0) is 21.8. The summed E-state index contributed by atoms with van der Waals surface area (Å²) in [7, 11) is -2.42. The summed E-state index contributed by atoms with van der Waals surface area (Å²) in [4.78, 5) is 15.2. The molecule has 1 heterocycles. The van der Waals surface area contributed by atoms with Crippen LogP contribution in [0, 0.1) is 0 Å². The van der Waals surface area contributed by atoms with E-state index in [1.807, 2.05) is 24.3 Å². The third-order valence-corrected chi connectivity index (χ3v) is 8.54. The Morgan fingerprint density at radius 3 is 2.20 bits per heavy atom. The van der Waals surface area contributed by atoms with Crippen molar-refractivity contribution in [3.8, 4) is 5.75 Å². The van der Waals surface area contributed by atoms with Crippen LogP contribution in [-0.2, 0) is 25.9 Å². The lowest BCUT2D eigenvalue weighted by molar-refractivity contribution is -0.147. The van der Waals surface area contributed by atoms with E-state index >= 15 is 0 Å². The van der Waals surface area contributed by atoms with Crippen molar-refractivity contribution in [1.82, 2.24) is 4.90 Å². The average Bonchev–Trinajstić information content (AvgIpc) is 2.76. The van der Waals surface area contributed by atoms with E-state index in [1.165, 1.54) is 19.2 Å². The summed E-state index contributed by atoms with van der Waals surface area (Å²) in [5, 5.41) is 0. The number of carbonyl (C=O) groups is 1. The van der Waals surface area contributed by atoms with Crippen molar-refractivity contribution in [2.24, 2.45) is 0 Å². The number of methoxy groups -OCH3 is 1. The van der Waals surface area contributed by atoms with E-state index in [0.717, 1.165) is 10.0 Å². The summed E-state index contributed by atoms with van der Waals surface area (Å²) in [5.74, 6) is -0.104. The van der Waals surface area contributed by atoms with Gasteiger partial charge in [-0.25, -0.2) is 8.42 Å². The van der Waals surface area contributed by atoms with Gasteiger partial charge in [-0.2, -0.15) is 0 Å². The maximum atomic E-state index is 13.6. The Morgan fingerprint density at radius 1 is 1.07 bits per heavy atom. The largest absolute Gasteiger partial charge is 0.497 e. The molecule has 162 valence electrons. The van der Waals surface area contributed by atoms with Gasteiger partial charge < -0.3 is 9.47 Å². The molecule has 0 N–H and O–H groups in total. The third kappa shape index (κ3) is 4.55. The van der Waals surface area contributed by atoms with E-state index in [4.69, 9.17) is 9.47 Å². The van der Waals surface area contributed by atoms with Crippen molar-refractivity contribution in [3.63, 3.8) is 0 Å². The Hall–Kier alpha value is -1.90. The van der Waals surface area contributed by atoms with Crippen molar-refractivity contribution in [2.75, 3.05) is 26.8 Å². The maximum absolute atomic E-state index is 13.6. The Labute approximate surface area is 186 Å². The highest BCUT2D eigenvalue weighted by atomic mass is 79.9. The average molecular weight is 496 g/mol. The monoisotopic (exact) mass is 495 g/mol. The number of esters is 1. The van der Waals surface area contributed by atoms with Gasteiger partial charge >= 0.3 is 5.97 Å². The highest BCUT2D eigenvalue weighted by Gasteiger charge is 2.54. The number of halogens is 1. The van der Waals surface area contributed by atoms with Crippen molar-refractivity contribution in [2.45, 2.75) is 36.0 Å². The first kappa shape index (κ1) is 22.8. The van der Waals surface area contributed by atoms with Gasteiger partial charge in [-0.05, 0) is 61.7 Å². The number of nitrogens with zero attached hydrogens (tertiary/aromatic N) is 1. The summed E-state index contributed by atoms with van der Waals surface area (Å²) in [6.07, 6.45) is 0.382. The van der Waals surface area contributed by atoms with Crippen LogP contribution in [0.25, 0.3) is 0 Å². The molecule has 0 aliphatic carbocycles. The second-order valence-corrected chi connectivity index (χ2v) is 10.5. The standard InChI is InChI=1S/C22H26BrNO5S/c1-3-29-21(25)22(30(26,27)20-10-8-19(28-2)9-11-20)12-14-24(15-13-22)16-17-4-6-18(23)7-5-17/h4-11H,3,12-16H2,1-2H3. The fraction of sp³-hybridized carbons (Fsp3) is 0.409. The summed E-state index contributed by atoms with van der Waals surface area (Å²) >= 11 is 3.43. The second-order valence-electron chi connectivity index (χ2n) is 7.30. The third-order valence-electron chi connectivity index (χ3n) is 5.51. The smallest absolute Gasteiger partial charge is 0.327 e. The number of sulfone groups is 1. The Kier molecular flexibility index (Phi) is 7.21. The van der Waals surface area contributed by atoms with Crippen LogP contribution >= 0.6 is 15.9 Å². The molecule has 30 heavy (non-hydrogen) atoms. The zero-order valence-corrected chi connectivity index (χ0v) is 19.5. The lowest BCUT2D eigenvalue weighted by atomic mass is 9.95. The molecular weight excluding hydrogens is 470 g/mol. The van der Waals surface area contributed by atoms with Crippen LogP contribution in [0.5, 0.6) is 5.75 Å². The van der Waals surface area contributed by atoms with Gasteiger partial charge in [-0.15, -0.1) is 0 Å². The quantitative estimate of drug-likeness (QED) is 0.543. The maximum Gasteiger partial charge on any atom is 0.327 e. The van der Waals surface area contributed by atoms with Crippen LogP contribution in [0.4, 0.5) is 0 Å². The van der Waals surface area contributed by atoms with Crippen LogP contribution in [0.1, 0.15) is 25.3 Å². The van der Waals surface area contributed by atoms with Gasteiger partial charge in [0.15, 0.2) is 14.6 Å². The molecule has 2 aromatic carbocycles. The normalized spacial score (nSPS) is 16.8. The number of benzene rings is 2. The van der Waals surface area contributed by atoms with Crippen LogP contribution < -0.4 is 4.74 Å². The van der Waals surface area contributed by atoms with Crippen LogP contribution in [-0.4, -0.2) is 50.8 Å². The molecule has 0 atom stereocenters. The lowest BCUT2D eigenvalue weighted by Crippen LogP contribution is -2.54. The molecule has 0 saturated carbocycles. The van der Waals surface area contributed by atoms with Crippen molar-refractivity contribution < 1.29 is 22.7 Å². The van der Waals surface area contributed by atoms with Crippen LogP contribution in [0.3, 0.4) is 0 Å². The summed E-state index contributed by atoms with van der Waals surface area (Å²) < 4.78 is 36.9. The second kappa shape index (κ2) is 9.49. The van der Waals surface area contributed by atoms with Gasteiger partial charge in [0, 0.05) is 24.1 Å². The molecule has 0 spiro atoms. The van der Waals surface area contributed by atoms with E-state index < -0.39 is 20.6 Å². The molecule has 0 amide bonds. The summed E-state index contributed by atoms with van der Waals surface area (Å²) in [6.45, 7) is 3.51. The van der Waals surface area contributed by atoms with E-state index in [2.05, 4.69) is 20.8 Å². The highest BCUT2D eigenvalue weighted by Crippen LogP contribution is 2.37. The van der Waals surface area contributed by atoms with E-state index in [-0.39, 0.29) is 24.3 Å². The fourth-order valence-corrected chi connectivity index (χ4v) is 5.95. The Balaban J connectivity index is 1.84. The van der Waals surface area contributed by atoms with Gasteiger partial charge in [-0.3, -0.25) is 9.69 Å². The van der Waals surface area contributed by atoms with Gasteiger partial charge in [0.25, 0.3) is 0 Å². The molecule has 1 aliphatic rings. The molecule has 6 nitrogen and oxygen atoms in total. The lowest BCUT2D eigenvalue weighted by Gasteiger charge is -2.39. The molecule has 1 aliphatic heterocycles. The Morgan fingerprint density at radius 2 is 1.67 bits per heavy atom. The van der Waals surface area contributed by atoms with Crippen LogP contribution in [0.15, 0.2) is 57.9 Å². The van der Waals surface area contributed by atoms with Crippen molar-refractivity contribution in [3.05, 3.63) is 58.6 Å². The highest BCUT2D eigenvalue weighted by molar-refractivity contribution is 9.10. The minimum atomic E-state index is -3.93. The first-order chi connectivity index (χ1) is 14.3. The fourth-order valence-electron chi connectivity index (χ4n) is 3.75. The SMILES string of the molecule is CCOC(=O)C1(S(=O)(=O)c2ccc(OC)cc2)CCN(Cc2ccc(Br)cc2)CC1. The predicted octanol–water partition coefficient (Wildman–Crippen LogP) is 3.83. The summed E-state index contributed by atoms with van der Waals surface area (Å²) in [5.41, 5.74) is 1.14. The molecule has 8 heteroatoms. The molecular formula is C22H26BrNO5S. The number of carbonyl (C=O) groups excluding carboxylic acids is 1. The molecule has 3 rings (SSSR count). The topological polar surface area (TPSA) is 72.9 Å². The molecule has 0 aromatic heterocycles. The zero-order valence-electron chi connectivity index (χ0n) is 17.1. The minimum Gasteiger partial charge on any atom is -0.497 e. The van der Waals surface area contributed by atoms with E-state index in [9.17, 15) is 13.2 Å². The number of hydrogen-bond donors (Lipinski definition) is 0. The van der Waals surface area contributed by atoms with Gasteiger partial charge in [0.05, 0.1) is 18.6 Å². The Bertz CT molecular complexity index is 966. The molecule has 1 fully saturated rings. The van der Waals surface area contributed by atoms with Gasteiger partial charge in [-0.1, -0.05) is 28.1 Å². The molecule has 0 radical (unpaired) electrons. The molecule has 2 aromatic rings. The van der Waals surface area contributed by atoms with Crippen molar-refractivity contribution >= 4 is 31.7 Å². The number of likely N-dealkylation sites (tertiary alicyclic amines) is 1.